The van der Waals surface area contributed by atoms with Crippen molar-refractivity contribution in [2.45, 2.75) is 44.1 Å². The Hall–Kier alpha value is -2.15. The first-order valence-corrected chi connectivity index (χ1v) is 12.6. The number of likely N-dealkylation sites (tertiary alicyclic amines) is 1. The smallest absolute Gasteiger partial charge is 0.289 e. The van der Waals surface area contributed by atoms with E-state index in [1.807, 2.05) is 29.2 Å². The van der Waals surface area contributed by atoms with Gasteiger partial charge in [0.05, 0.1) is 5.60 Å². The number of furan rings is 1. The molecule has 1 aliphatic carbocycles. The summed E-state index contributed by atoms with van der Waals surface area (Å²) in [4.78, 5) is 19.7. The molecule has 3 heterocycles. The summed E-state index contributed by atoms with van der Waals surface area (Å²) in [5.74, 6) is 1.12. The van der Waals surface area contributed by atoms with E-state index in [2.05, 4.69) is 29.0 Å². The number of likely N-dealkylation sites (N-methyl/N-ethyl adjacent to an activating group) is 1. The minimum Gasteiger partial charge on any atom is -0.451 e. The van der Waals surface area contributed by atoms with E-state index in [0.717, 1.165) is 81.9 Å². The van der Waals surface area contributed by atoms with E-state index < -0.39 is 5.60 Å². The third-order valence-corrected chi connectivity index (χ3v) is 7.85. The van der Waals surface area contributed by atoms with Crippen LogP contribution in [0, 0.1) is 5.92 Å². The average molecular weight is 452 g/mol. The molecule has 2 saturated heterocycles. The second kappa shape index (κ2) is 9.61. The summed E-state index contributed by atoms with van der Waals surface area (Å²) >= 11 is 0. The van der Waals surface area contributed by atoms with Crippen molar-refractivity contribution in [1.82, 2.24) is 14.7 Å². The molecule has 1 unspecified atom stereocenters. The van der Waals surface area contributed by atoms with Crippen LogP contribution in [0.3, 0.4) is 0 Å². The minimum atomic E-state index is -0.812. The number of piperidine rings is 1. The molecule has 3 aliphatic rings. The second-order valence-corrected chi connectivity index (χ2v) is 10.3. The van der Waals surface area contributed by atoms with Crippen molar-refractivity contribution in [3.05, 3.63) is 47.7 Å². The van der Waals surface area contributed by atoms with Gasteiger partial charge in [-0.3, -0.25) is 4.79 Å². The van der Waals surface area contributed by atoms with Crippen molar-refractivity contribution >= 4 is 16.9 Å². The number of allylic oxidation sites excluding steroid dienone is 2. The summed E-state index contributed by atoms with van der Waals surface area (Å²) in [6.07, 6.45) is 10.7. The molecule has 2 aliphatic heterocycles. The number of carbonyl (C=O) groups is 1. The number of amides is 1. The van der Waals surface area contributed by atoms with Gasteiger partial charge in [-0.25, -0.2) is 0 Å². The van der Waals surface area contributed by atoms with Crippen LogP contribution in [0.4, 0.5) is 0 Å². The molecule has 0 spiro atoms. The lowest BCUT2D eigenvalue weighted by Crippen LogP contribution is -2.44. The molecular weight excluding hydrogens is 414 g/mol. The van der Waals surface area contributed by atoms with Gasteiger partial charge in [0.1, 0.15) is 5.58 Å². The average Bonchev–Trinajstić information content (AvgIpc) is 3.14. The maximum atomic E-state index is 13.0. The maximum absolute atomic E-state index is 13.0. The zero-order chi connectivity index (χ0) is 22.8. The molecule has 1 aromatic carbocycles. The van der Waals surface area contributed by atoms with E-state index in [9.17, 15) is 9.90 Å². The van der Waals surface area contributed by atoms with Crippen molar-refractivity contribution in [3.63, 3.8) is 0 Å². The van der Waals surface area contributed by atoms with Gasteiger partial charge in [-0.2, -0.15) is 0 Å². The second-order valence-electron chi connectivity index (χ2n) is 10.3. The van der Waals surface area contributed by atoms with Crippen molar-refractivity contribution in [2.75, 3.05) is 52.9 Å². The third-order valence-electron chi connectivity index (χ3n) is 7.85. The number of benzene rings is 1. The quantitative estimate of drug-likeness (QED) is 0.716. The van der Waals surface area contributed by atoms with Gasteiger partial charge < -0.3 is 24.2 Å². The van der Waals surface area contributed by atoms with Crippen LogP contribution in [0.15, 0.2) is 40.8 Å². The van der Waals surface area contributed by atoms with Crippen LogP contribution in [0.2, 0.25) is 0 Å². The van der Waals surface area contributed by atoms with Gasteiger partial charge in [-0.15, -0.1) is 0 Å². The van der Waals surface area contributed by atoms with E-state index in [0.29, 0.717) is 11.3 Å². The Kier molecular flexibility index (Phi) is 6.59. The Morgan fingerprint density at radius 2 is 1.94 bits per heavy atom. The van der Waals surface area contributed by atoms with Crippen LogP contribution in [-0.4, -0.2) is 78.6 Å². The zero-order valence-electron chi connectivity index (χ0n) is 19.8. The van der Waals surface area contributed by atoms with Gasteiger partial charge in [0.15, 0.2) is 5.76 Å². The van der Waals surface area contributed by atoms with Gasteiger partial charge in [0, 0.05) is 44.7 Å². The van der Waals surface area contributed by atoms with E-state index in [-0.39, 0.29) is 5.91 Å². The van der Waals surface area contributed by atoms with Gasteiger partial charge in [-0.05, 0) is 81.8 Å². The van der Waals surface area contributed by atoms with Gasteiger partial charge in [0.25, 0.3) is 5.91 Å². The Bertz CT molecular complexity index is 1010. The normalized spacial score (nSPS) is 24.8. The summed E-state index contributed by atoms with van der Waals surface area (Å²) in [5, 5.41) is 12.3. The molecule has 1 aromatic heterocycles. The van der Waals surface area contributed by atoms with Gasteiger partial charge >= 0.3 is 0 Å². The van der Waals surface area contributed by atoms with Crippen LogP contribution in [0.5, 0.6) is 0 Å². The van der Waals surface area contributed by atoms with Crippen LogP contribution in [-0.2, 0) is 5.60 Å². The Balaban J connectivity index is 1.25. The van der Waals surface area contributed by atoms with Crippen molar-refractivity contribution < 1.29 is 14.3 Å². The molecule has 1 atom stereocenters. The van der Waals surface area contributed by atoms with Crippen LogP contribution in [0.1, 0.15) is 54.6 Å². The summed E-state index contributed by atoms with van der Waals surface area (Å²) in [7, 11) is 2.10. The first kappa shape index (κ1) is 22.6. The summed E-state index contributed by atoms with van der Waals surface area (Å²) in [6, 6.07) is 7.76. The maximum Gasteiger partial charge on any atom is 0.289 e. The highest BCUT2D eigenvalue weighted by molar-refractivity contribution is 5.96. The molecule has 6 heteroatoms. The fourth-order valence-corrected chi connectivity index (χ4v) is 5.63. The van der Waals surface area contributed by atoms with Crippen molar-refractivity contribution in [3.8, 4) is 0 Å². The number of hydrogen-bond acceptors (Lipinski definition) is 5. The lowest BCUT2D eigenvalue weighted by Gasteiger charge is -2.40. The Morgan fingerprint density at radius 1 is 1.09 bits per heavy atom. The molecule has 2 aromatic rings. The topological polar surface area (TPSA) is 60.2 Å². The van der Waals surface area contributed by atoms with E-state index in [4.69, 9.17) is 4.42 Å². The summed E-state index contributed by atoms with van der Waals surface area (Å²) < 4.78 is 5.93. The Labute approximate surface area is 196 Å². The predicted octanol–water partition coefficient (Wildman–Crippen LogP) is 3.85. The first-order chi connectivity index (χ1) is 16.0. The third kappa shape index (κ3) is 5.03. The van der Waals surface area contributed by atoms with Gasteiger partial charge in [0.2, 0.25) is 0 Å². The summed E-state index contributed by atoms with van der Waals surface area (Å²) in [5.41, 5.74) is 0.834. The van der Waals surface area contributed by atoms with Crippen molar-refractivity contribution in [2.24, 2.45) is 5.92 Å². The molecule has 0 bridgehead atoms. The van der Waals surface area contributed by atoms with E-state index in [1.165, 1.54) is 19.3 Å². The van der Waals surface area contributed by atoms with Crippen LogP contribution in [0.25, 0.3) is 11.0 Å². The van der Waals surface area contributed by atoms with Crippen molar-refractivity contribution in [1.29, 1.82) is 0 Å². The molecule has 33 heavy (non-hydrogen) atoms. The number of fused-ring (bicyclic) bond motifs is 1. The molecule has 6 nitrogen and oxygen atoms in total. The largest absolute Gasteiger partial charge is 0.451 e. The van der Waals surface area contributed by atoms with E-state index >= 15 is 0 Å². The molecule has 2 fully saturated rings. The highest BCUT2D eigenvalue weighted by Gasteiger charge is 2.35. The molecule has 1 amide bonds. The van der Waals surface area contributed by atoms with Gasteiger partial charge in [-0.1, -0.05) is 18.2 Å². The fourth-order valence-electron chi connectivity index (χ4n) is 5.63. The number of aliphatic hydroxyl groups is 1. The van der Waals surface area contributed by atoms with E-state index in [1.54, 1.807) is 0 Å². The molecule has 178 valence electrons. The molecular formula is C27H37N3O3. The van der Waals surface area contributed by atoms with Crippen LogP contribution >= 0.6 is 0 Å². The highest BCUT2D eigenvalue weighted by Crippen LogP contribution is 2.36. The fraction of sp³-hybridized carbons (Fsp3) is 0.593. The molecule has 5 rings (SSSR count). The number of carbonyl (C=O) groups excluding carboxylic acids is 1. The number of nitrogens with zero attached hydrogens (tertiary/aromatic N) is 3. The van der Waals surface area contributed by atoms with Crippen LogP contribution < -0.4 is 0 Å². The molecule has 0 saturated carbocycles. The highest BCUT2D eigenvalue weighted by atomic mass is 16.3. The monoisotopic (exact) mass is 451 g/mol. The minimum absolute atomic E-state index is 0.0346. The first-order valence-electron chi connectivity index (χ1n) is 12.6. The molecule has 0 radical (unpaired) electrons. The predicted molar refractivity (Wildman–Crippen MR) is 130 cm³/mol. The Morgan fingerprint density at radius 3 is 2.73 bits per heavy atom. The SMILES string of the molecule is CN1CCCN(C(=O)c2cc3cc(C4(O)CCN(CC5CC=CCC5)CC4)ccc3o2)CC1. The summed E-state index contributed by atoms with van der Waals surface area (Å²) in [6.45, 7) is 6.38. The lowest BCUT2D eigenvalue weighted by molar-refractivity contribution is -0.0289. The zero-order valence-corrected chi connectivity index (χ0v) is 19.8. The standard InChI is InChI=1S/C27H37N3O3/c1-28-12-5-13-30(17-16-28)26(31)25-19-22-18-23(8-9-24(22)33-25)27(32)10-14-29(15-11-27)20-21-6-3-2-4-7-21/h2-3,8-9,18-19,21,32H,4-7,10-17,20H2,1H3. The number of hydrogen-bond donors (Lipinski definition) is 1. The molecule has 1 N–H and O–H groups in total. The lowest BCUT2D eigenvalue weighted by atomic mass is 9.83. The number of rotatable bonds is 4.